The van der Waals surface area contributed by atoms with Gasteiger partial charge in [0.2, 0.25) is 0 Å². The molecule has 14 rings (SSSR count). The zero-order valence-electron chi connectivity index (χ0n) is 34.9. The van der Waals surface area contributed by atoms with E-state index in [1.165, 1.54) is 21.8 Å². The van der Waals surface area contributed by atoms with Gasteiger partial charge in [0.25, 0.3) is 0 Å². The molecule has 0 bridgehead atoms. The van der Waals surface area contributed by atoms with Crippen molar-refractivity contribution in [3.05, 3.63) is 218 Å². The number of rotatable bonds is 6. The molecule has 10 aromatic carbocycles. The standard InChI is InChI=1S/C60H36N2O3/c1-2-13-40(14-3-1)61-49-20-7-4-15-43(49)47-35-38(29-33-50(47)61)39-30-34-55-48(36-39)58-42(18-11-25-56(58)64-55)37-27-31-41(32-28-37)62(51-21-12-26-57-59(51)46-17-6-9-24-54(46)63-57)52-22-10-19-45-44-16-5-8-23-53(44)65-60(45)52/h1-36H. The lowest BCUT2D eigenvalue weighted by molar-refractivity contribution is 0.668. The number of para-hydroxylation sites is 5. The van der Waals surface area contributed by atoms with Gasteiger partial charge < -0.3 is 22.7 Å². The van der Waals surface area contributed by atoms with E-state index in [1.54, 1.807) is 0 Å². The number of furan rings is 3. The highest BCUT2D eigenvalue weighted by Gasteiger charge is 2.24. The first kappa shape index (κ1) is 35.8. The Morgan fingerprint density at radius 3 is 1.72 bits per heavy atom. The Balaban J connectivity index is 0.915. The summed E-state index contributed by atoms with van der Waals surface area (Å²) in [4.78, 5) is 2.31. The van der Waals surface area contributed by atoms with Gasteiger partial charge in [0.1, 0.15) is 27.9 Å². The minimum atomic E-state index is 0.828. The van der Waals surface area contributed by atoms with E-state index in [9.17, 15) is 0 Å². The molecule has 0 saturated heterocycles. The van der Waals surface area contributed by atoms with Crippen LogP contribution in [0.25, 0.3) is 116 Å². The van der Waals surface area contributed by atoms with E-state index in [4.69, 9.17) is 13.3 Å². The van der Waals surface area contributed by atoms with Crippen LogP contribution in [0.3, 0.4) is 0 Å². The van der Waals surface area contributed by atoms with Gasteiger partial charge in [-0.05, 0) is 113 Å². The van der Waals surface area contributed by atoms with Crippen molar-refractivity contribution in [1.82, 2.24) is 4.57 Å². The van der Waals surface area contributed by atoms with Crippen molar-refractivity contribution in [1.29, 1.82) is 0 Å². The van der Waals surface area contributed by atoms with Crippen LogP contribution in [-0.2, 0) is 0 Å². The number of benzene rings is 10. The highest BCUT2D eigenvalue weighted by Crippen LogP contribution is 2.47. The third kappa shape index (κ3) is 5.39. The number of hydrogen-bond acceptors (Lipinski definition) is 4. The number of aromatic nitrogens is 1. The fourth-order valence-electron chi connectivity index (χ4n) is 10.3. The predicted octanol–water partition coefficient (Wildman–Crippen LogP) is 17.3. The third-order valence-corrected chi connectivity index (χ3v) is 13.2. The first-order valence-corrected chi connectivity index (χ1v) is 22.0. The van der Waals surface area contributed by atoms with E-state index in [1.807, 2.05) is 30.3 Å². The van der Waals surface area contributed by atoms with Crippen LogP contribution >= 0.6 is 0 Å². The van der Waals surface area contributed by atoms with Crippen LogP contribution in [0.2, 0.25) is 0 Å². The summed E-state index contributed by atoms with van der Waals surface area (Å²) in [7, 11) is 0. The average Bonchev–Trinajstić information content (AvgIpc) is 4.14. The van der Waals surface area contributed by atoms with Crippen molar-refractivity contribution in [3.63, 3.8) is 0 Å². The molecular formula is C60H36N2O3. The molecule has 5 heteroatoms. The Morgan fingerprint density at radius 1 is 0.323 bits per heavy atom. The average molecular weight is 833 g/mol. The van der Waals surface area contributed by atoms with Gasteiger partial charge in [-0.25, -0.2) is 0 Å². The molecule has 0 radical (unpaired) electrons. The van der Waals surface area contributed by atoms with Crippen LogP contribution in [0.1, 0.15) is 0 Å². The number of fused-ring (bicyclic) bond motifs is 12. The normalized spacial score (nSPS) is 12.0. The molecule has 65 heavy (non-hydrogen) atoms. The fraction of sp³-hybridized carbons (Fsp3) is 0. The van der Waals surface area contributed by atoms with Gasteiger partial charge in [0.05, 0.1) is 27.8 Å². The first-order valence-electron chi connectivity index (χ1n) is 22.0. The molecule has 0 N–H and O–H groups in total. The van der Waals surface area contributed by atoms with Crippen LogP contribution in [0.5, 0.6) is 0 Å². The van der Waals surface area contributed by atoms with Crippen molar-refractivity contribution in [2.45, 2.75) is 0 Å². The summed E-state index contributed by atoms with van der Waals surface area (Å²) in [6, 6.07) is 77.2. The summed E-state index contributed by atoms with van der Waals surface area (Å²) in [6.45, 7) is 0. The fourth-order valence-corrected chi connectivity index (χ4v) is 10.3. The molecule has 304 valence electrons. The Labute approximate surface area is 372 Å². The van der Waals surface area contributed by atoms with E-state index in [0.717, 1.165) is 111 Å². The zero-order valence-corrected chi connectivity index (χ0v) is 34.9. The number of anilines is 3. The van der Waals surface area contributed by atoms with Gasteiger partial charge in [0.15, 0.2) is 5.58 Å². The molecule has 0 aliphatic heterocycles. The van der Waals surface area contributed by atoms with Gasteiger partial charge >= 0.3 is 0 Å². The maximum atomic E-state index is 6.69. The summed E-state index contributed by atoms with van der Waals surface area (Å²) >= 11 is 0. The van der Waals surface area contributed by atoms with Crippen molar-refractivity contribution < 1.29 is 13.3 Å². The van der Waals surface area contributed by atoms with Crippen LogP contribution in [-0.4, -0.2) is 4.57 Å². The Hall–Kier alpha value is -8.80. The summed E-state index contributed by atoms with van der Waals surface area (Å²) < 4.78 is 22.0. The second kappa shape index (κ2) is 13.9. The van der Waals surface area contributed by atoms with Crippen molar-refractivity contribution in [2.24, 2.45) is 0 Å². The Kier molecular flexibility index (Phi) is 7.62. The molecule has 4 aromatic heterocycles. The van der Waals surface area contributed by atoms with E-state index in [2.05, 4.69) is 198 Å². The lowest BCUT2D eigenvalue weighted by atomic mass is 9.96. The molecular weight excluding hydrogens is 797 g/mol. The minimum absolute atomic E-state index is 0.828. The van der Waals surface area contributed by atoms with Crippen LogP contribution in [0, 0.1) is 0 Å². The Bertz CT molecular complexity index is 4190. The van der Waals surface area contributed by atoms with Gasteiger partial charge in [-0.2, -0.15) is 0 Å². The summed E-state index contributed by atoms with van der Waals surface area (Å²) in [5, 5.41) is 8.91. The molecule has 0 fully saturated rings. The monoisotopic (exact) mass is 832 g/mol. The Morgan fingerprint density at radius 2 is 0.892 bits per heavy atom. The van der Waals surface area contributed by atoms with Crippen LogP contribution in [0.15, 0.2) is 232 Å². The van der Waals surface area contributed by atoms with Gasteiger partial charge in [-0.3, -0.25) is 0 Å². The van der Waals surface area contributed by atoms with E-state index in [-0.39, 0.29) is 0 Å². The second-order valence-electron chi connectivity index (χ2n) is 16.8. The molecule has 4 heterocycles. The molecule has 0 saturated carbocycles. The minimum Gasteiger partial charge on any atom is -0.456 e. The topological polar surface area (TPSA) is 47.6 Å². The quantitative estimate of drug-likeness (QED) is 0.167. The molecule has 0 aliphatic carbocycles. The summed E-state index contributed by atoms with van der Waals surface area (Å²) in [6.07, 6.45) is 0. The first-order chi connectivity index (χ1) is 32.2. The third-order valence-electron chi connectivity index (χ3n) is 13.2. The summed E-state index contributed by atoms with van der Waals surface area (Å²) in [5.74, 6) is 0. The molecule has 0 amide bonds. The van der Waals surface area contributed by atoms with Gasteiger partial charge in [-0.15, -0.1) is 0 Å². The van der Waals surface area contributed by atoms with Crippen molar-refractivity contribution in [3.8, 4) is 27.9 Å². The molecule has 14 aromatic rings. The maximum absolute atomic E-state index is 6.69. The smallest absolute Gasteiger partial charge is 0.159 e. The van der Waals surface area contributed by atoms with E-state index >= 15 is 0 Å². The predicted molar refractivity (Wildman–Crippen MR) is 268 cm³/mol. The lowest BCUT2D eigenvalue weighted by Crippen LogP contribution is -2.10. The molecule has 0 unspecified atom stereocenters. The lowest BCUT2D eigenvalue weighted by Gasteiger charge is -2.26. The molecule has 5 nitrogen and oxygen atoms in total. The molecule has 0 spiro atoms. The summed E-state index contributed by atoms with van der Waals surface area (Å²) in [5.41, 5.74) is 16.1. The van der Waals surface area contributed by atoms with Gasteiger partial charge in [0, 0.05) is 49.1 Å². The van der Waals surface area contributed by atoms with E-state index in [0.29, 0.717) is 0 Å². The SMILES string of the molecule is c1ccc(-n2c3ccccc3c3cc(-c4ccc5oc6cccc(-c7ccc(N(c8cccc9c8oc8ccccc89)c8cccc9oc%10ccccc%10c89)cc7)c6c5c4)ccc32)cc1. The maximum Gasteiger partial charge on any atom is 0.159 e. The highest BCUT2D eigenvalue weighted by atomic mass is 16.3. The number of nitrogens with zero attached hydrogens (tertiary/aromatic N) is 2. The highest BCUT2D eigenvalue weighted by molar-refractivity contribution is 6.17. The van der Waals surface area contributed by atoms with Crippen LogP contribution in [0.4, 0.5) is 17.1 Å². The van der Waals surface area contributed by atoms with Crippen LogP contribution < -0.4 is 4.90 Å². The van der Waals surface area contributed by atoms with Gasteiger partial charge in [-0.1, -0.05) is 127 Å². The van der Waals surface area contributed by atoms with E-state index < -0.39 is 0 Å². The molecule has 0 atom stereocenters. The molecule has 0 aliphatic rings. The van der Waals surface area contributed by atoms with Crippen molar-refractivity contribution in [2.75, 3.05) is 4.90 Å². The second-order valence-corrected chi connectivity index (χ2v) is 16.8. The van der Waals surface area contributed by atoms with Crippen molar-refractivity contribution >= 4 is 105 Å². The largest absolute Gasteiger partial charge is 0.456 e. The number of hydrogen-bond donors (Lipinski definition) is 0. The zero-order chi connectivity index (χ0) is 42.6.